The van der Waals surface area contributed by atoms with Gasteiger partial charge in [0.2, 0.25) is 5.91 Å². The van der Waals surface area contributed by atoms with E-state index in [0.29, 0.717) is 29.9 Å². The van der Waals surface area contributed by atoms with E-state index in [-0.39, 0.29) is 11.4 Å². The van der Waals surface area contributed by atoms with E-state index >= 15 is 0 Å². The SMILES string of the molecule is CCc1cc2c(cc1Sc1nc3c(N)ncnc3n1CCC(=O)NC(C)(C)C)CCC2. The van der Waals surface area contributed by atoms with Gasteiger partial charge in [0.15, 0.2) is 22.1 Å². The lowest BCUT2D eigenvalue weighted by atomic mass is 10.0. The molecule has 0 saturated carbocycles. The Balaban J connectivity index is 1.68. The van der Waals surface area contributed by atoms with E-state index in [1.807, 2.05) is 25.3 Å². The molecule has 0 radical (unpaired) electrons. The minimum atomic E-state index is -0.265. The third-order valence-electron chi connectivity index (χ3n) is 5.46. The Kier molecular flexibility index (Phi) is 5.92. The van der Waals surface area contributed by atoms with Crippen molar-refractivity contribution in [3.63, 3.8) is 0 Å². The second kappa shape index (κ2) is 8.49. The first-order valence-electron chi connectivity index (χ1n) is 10.9. The number of carbonyl (C=O) groups is 1. The third-order valence-corrected chi connectivity index (χ3v) is 6.55. The summed E-state index contributed by atoms with van der Waals surface area (Å²) in [5, 5.41) is 3.81. The monoisotopic (exact) mass is 438 g/mol. The van der Waals surface area contributed by atoms with Crippen LogP contribution in [0.1, 0.15) is 57.2 Å². The molecule has 8 heteroatoms. The number of amides is 1. The molecule has 0 aliphatic heterocycles. The predicted octanol–water partition coefficient (Wildman–Crippen LogP) is 3.92. The maximum absolute atomic E-state index is 12.4. The highest BCUT2D eigenvalue weighted by Gasteiger charge is 2.21. The molecule has 7 nitrogen and oxygen atoms in total. The summed E-state index contributed by atoms with van der Waals surface area (Å²) < 4.78 is 1.99. The van der Waals surface area contributed by atoms with E-state index in [2.05, 4.69) is 34.3 Å². The van der Waals surface area contributed by atoms with Gasteiger partial charge in [-0.2, -0.15) is 0 Å². The minimum Gasteiger partial charge on any atom is -0.382 e. The fourth-order valence-corrected chi connectivity index (χ4v) is 5.19. The van der Waals surface area contributed by atoms with Crippen LogP contribution in [0.25, 0.3) is 11.2 Å². The molecular weight excluding hydrogens is 408 g/mol. The summed E-state index contributed by atoms with van der Waals surface area (Å²) in [6, 6.07) is 4.67. The smallest absolute Gasteiger partial charge is 0.222 e. The lowest BCUT2D eigenvalue weighted by Crippen LogP contribution is -2.40. The first kappa shape index (κ1) is 21.6. The Labute approximate surface area is 187 Å². The van der Waals surface area contributed by atoms with Crippen molar-refractivity contribution in [3.8, 4) is 0 Å². The second-order valence-electron chi connectivity index (χ2n) is 9.06. The van der Waals surface area contributed by atoms with Crippen molar-refractivity contribution in [3.05, 3.63) is 35.2 Å². The summed E-state index contributed by atoms with van der Waals surface area (Å²) in [6.45, 7) is 8.60. The number of aromatic nitrogens is 4. The maximum atomic E-state index is 12.4. The summed E-state index contributed by atoms with van der Waals surface area (Å²) >= 11 is 1.63. The molecule has 0 spiro atoms. The van der Waals surface area contributed by atoms with Gasteiger partial charge in [0.05, 0.1) is 0 Å². The van der Waals surface area contributed by atoms with Gasteiger partial charge in [-0.15, -0.1) is 0 Å². The van der Waals surface area contributed by atoms with E-state index in [1.165, 1.54) is 40.8 Å². The molecule has 0 fully saturated rings. The Morgan fingerprint density at radius 3 is 2.68 bits per heavy atom. The van der Waals surface area contributed by atoms with Gasteiger partial charge < -0.3 is 15.6 Å². The Hall–Kier alpha value is -2.61. The number of hydrogen-bond acceptors (Lipinski definition) is 6. The molecule has 1 aliphatic carbocycles. The van der Waals surface area contributed by atoms with Crippen LogP contribution in [-0.4, -0.2) is 31.0 Å². The number of nitrogens with two attached hydrogens (primary N) is 1. The predicted molar refractivity (Wildman–Crippen MR) is 124 cm³/mol. The average Bonchev–Trinajstić information content (AvgIpc) is 3.29. The van der Waals surface area contributed by atoms with Crippen LogP contribution >= 0.6 is 11.8 Å². The highest BCUT2D eigenvalue weighted by Crippen LogP contribution is 2.36. The largest absolute Gasteiger partial charge is 0.382 e. The van der Waals surface area contributed by atoms with E-state index in [0.717, 1.165) is 18.0 Å². The summed E-state index contributed by atoms with van der Waals surface area (Å²) in [5.74, 6) is 0.355. The molecule has 1 amide bonds. The van der Waals surface area contributed by atoms with Crippen molar-refractivity contribution in [2.75, 3.05) is 5.73 Å². The molecule has 31 heavy (non-hydrogen) atoms. The van der Waals surface area contributed by atoms with Crippen LogP contribution in [0.15, 0.2) is 28.5 Å². The van der Waals surface area contributed by atoms with Gasteiger partial charge in [-0.3, -0.25) is 4.79 Å². The normalized spacial score (nSPS) is 13.5. The number of nitrogens with one attached hydrogen (secondary N) is 1. The average molecular weight is 439 g/mol. The standard InChI is InChI=1S/C23H30N6OS/c1-5-14-11-15-7-6-8-16(15)12-17(14)31-22-27-19-20(24)25-13-26-21(19)29(22)10-9-18(30)28-23(2,3)4/h11-13H,5-10H2,1-4H3,(H,28,30)(H2,24,25,26). The number of nitrogen functional groups attached to an aromatic ring is 1. The Bertz CT molecular complexity index is 1130. The molecule has 3 aromatic rings. The zero-order valence-electron chi connectivity index (χ0n) is 18.7. The molecule has 2 heterocycles. The molecule has 0 unspecified atom stereocenters. The molecule has 164 valence electrons. The first-order valence-corrected chi connectivity index (χ1v) is 11.7. The Morgan fingerprint density at radius 1 is 1.23 bits per heavy atom. The Morgan fingerprint density at radius 2 is 1.97 bits per heavy atom. The first-order chi connectivity index (χ1) is 14.7. The second-order valence-corrected chi connectivity index (χ2v) is 10.1. The maximum Gasteiger partial charge on any atom is 0.222 e. The molecule has 1 aromatic carbocycles. The number of benzene rings is 1. The van der Waals surface area contributed by atoms with Crippen molar-refractivity contribution in [2.24, 2.45) is 0 Å². The highest BCUT2D eigenvalue weighted by molar-refractivity contribution is 7.99. The molecule has 1 aliphatic rings. The van der Waals surface area contributed by atoms with Gasteiger partial charge in [-0.25, -0.2) is 15.0 Å². The molecule has 2 aromatic heterocycles. The van der Waals surface area contributed by atoms with Crippen molar-refractivity contribution in [2.45, 2.75) is 81.9 Å². The van der Waals surface area contributed by atoms with Gasteiger partial charge in [0.25, 0.3) is 0 Å². The van der Waals surface area contributed by atoms with E-state index < -0.39 is 0 Å². The zero-order chi connectivity index (χ0) is 22.2. The van der Waals surface area contributed by atoms with Crippen LogP contribution in [0.2, 0.25) is 0 Å². The number of hydrogen-bond donors (Lipinski definition) is 2. The van der Waals surface area contributed by atoms with Crippen molar-refractivity contribution >= 4 is 34.7 Å². The minimum absolute atomic E-state index is 0.000828. The van der Waals surface area contributed by atoms with Crippen LogP contribution in [0.5, 0.6) is 0 Å². The number of anilines is 1. The quantitative estimate of drug-likeness (QED) is 0.605. The summed E-state index contributed by atoms with van der Waals surface area (Å²) in [5.41, 5.74) is 11.3. The number of nitrogens with zero attached hydrogens (tertiary/aromatic N) is 4. The van der Waals surface area contributed by atoms with Crippen molar-refractivity contribution in [1.82, 2.24) is 24.8 Å². The van der Waals surface area contributed by atoms with E-state index in [9.17, 15) is 4.79 Å². The third kappa shape index (κ3) is 4.69. The fourth-order valence-electron chi connectivity index (χ4n) is 4.03. The number of rotatable bonds is 6. The van der Waals surface area contributed by atoms with Gasteiger partial charge in [0.1, 0.15) is 6.33 Å². The molecule has 0 atom stereocenters. The fraction of sp³-hybridized carbons (Fsp3) is 0.478. The summed E-state index contributed by atoms with van der Waals surface area (Å²) in [7, 11) is 0. The number of aryl methyl sites for hydroxylation is 4. The topological polar surface area (TPSA) is 98.7 Å². The summed E-state index contributed by atoms with van der Waals surface area (Å²) in [6.07, 6.45) is 6.28. The molecule has 0 saturated heterocycles. The van der Waals surface area contributed by atoms with Crippen molar-refractivity contribution < 1.29 is 4.79 Å². The van der Waals surface area contributed by atoms with Gasteiger partial charge in [0, 0.05) is 23.4 Å². The van der Waals surface area contributed by atoms with Gasteiger partial charge in [-0.1, -0.05) is 24.8 Å². The van der Waals surface area contributed by atoms with E-state index in [4.69, 9.17) is 10.7 Å². The van der Waals surface area contributed by atoms with Crippen LogP contribution in [0.4, 0.5) is 5.82 Å². The lowest BCUT2D eigenvalue weighted by Gasteiger charge is -2.20. The number of fused-ring (bicyclic) bond motifs is 2. The van der Waals surface area contributed by atoms with E-state index in [1.54, 1.807) is 11.8 Å². The highest BCUT2D eigenvalue weighted by atomic mass is 32.2. The molecule has 0 bridgehead atoms. The van der Waals surface area contributed by atoms with Crippen LogP contribution in [-0.2, 0) is 30.6 Å². The van der Waals surface area contributed by atoms with Crippen LogP contribution in [0.3, 0.4) is 0 Å². The van der Waals surface area contributed by atoms with Crippen LogP contribution in [0, 0.1) is 0 Å². The van der Waals surface area contributed by atoms with Crippen LogP contribution < -0.4 is 11.1 Å². The zero-order valence-corrected chi connectivity index (χ0v) is 19.5. The number of carbonyl (C=O) groups excluding carboxylic acids is 1. The molecule has 3 N–H and O–H groups in total. The lowest BCUT2D eigenvalue weighted by molar-refractivity contribution is -0.122. The van der Waals surface area contributed by atoms with Crippen molar-refractivity contribution in [1.29, 1.82) is 0 Å². The molecular formula is C23H30N6OS. The summed E-state index contributed by atoms with van der Waals surface area (Å²) in [4.78, 5) is 26.9. The van der Waals surface area contributed by atoms with Gasteiger partial charge >= 0.3 is 0 Å². The number of imidazole rings is 1. The molecule has 4 rings (SSSR count). The van der Waals surface area contributed by atoms with Gasteiger partial charge in [-0.05, 0) is 69.2 Å².